The van der Waals surface area contributed by atoms with Crippen LogP contribution in [-0.4, -0.2) is 42.5 Å². The van der Waals surface area contributed by atoms with E-state index in [2.05, 4.69) is 45.9 Å². The molecule has 2 saturated heterocycles. The molecule has 20 heavy (non-hydrogen) atoms. The zero-order valence-electron chi connectivity index (χ0n) is 11.8. The van der Waals surface area contributed by atoms with Gasteiger partial charge in [0, 0.05) is 44.7 Å². The summed E-state index contributed by atoms with van der Waals surface area (Å²) in [5.41, 5.74) is 1.39. The molecule has 2 atom stereocenters. The highest BCUT2D eigenvalue weighted by Gasteiger charge is 2.26. The first-order valence-corrected chi connectivity index (χ1v) is 7.58. The summed E-state index contributed by atoms with van der Waals surface area (Å²) in [4.78, 5) is 13.7. The second kappa shape index (κ2) is 6.37. The van der Waals surface area contributed by atoms with Crippen LogP contribution in [-0.2, 0) is 11.3 Å². The van der Waals surface area contributed by atoms with E-state index >= 15 is 0 Å². The lowest BCUT2D eigenvalue weighted by atomic mass is 10.1. The zero-order chi connectivity index (χ0) is 13.8. The van der Waals surface area contributed by atoms with E-state index in [1.165, 1.54) is 12.0 Å². The van der Waals surface area contributed by atoms with Crippen molar-refractivity contribution in [3.63, 3.8) is 0 Å². The van der Waals surface area contributed by atoms with Gasteiger partial charge in [0.05, 0.1) is 0 Å². The van der Waals surface area contributed by atoms with E-state index < -0.39 is 0 Å². The highest BCUT2D eigenvalue weighted by molar-refractivity contribution is 5.76. The predicted octanol–water partition coefficient (Wildman–Crippen LogP) is 1.13. The predicted molar refractivity (Wildman–Crippen MR) is 79.3 cm³/mol. The number of carbonyl (C=O) groups is 1. The molecule has 2 heterocycles. The molecule has 2 fully saturated rings. The van der Waals surface area contributed by atoms with Crippen molar-refractivity contribution in [2.24, 2.45) is 0 Å². The zero-order valence-corrected chi connectivity index (χ0v) is 11.8. The summed E-state index contributed by atoms with van der Waals surface area (Å²) in [6.45, 7) is 4.10. The lowest BCUT2D eigenvalue weighted by molar-refractivity contribution is -0.122. The number of carbonyl (C=O) groups excluding carboxylic acids is 1. The Morgan fingerprint density at radius 3 is 2.80 bits per heavy atom. The van der Waals surface area contributed by atoms with Crippen LogP contribution in [0.5, 0.6) is 0 Å². The molecule has 4 heteroatoms. The molecule has 108 valence electrons. The third-order valence-electron chi connectivity index (χ3n) is 4.26. The van der Waals surface area contributed by atoms with Crippen LogP contribution in [0.4, 0.5) is 0 Å². The Hall–Kier alpha value is -1.39. The van der Waals surface area contributed by atoms with Crippen LogP contribution in [0.1, 0.15) is 24.8 Å². The van der Waals surface area contributed by atoms with Gasteiger partial charge in [-0.15, -0.1) is 0 Å². The van der Waals surface area contributed by atoms with Gasteiger partial charge in [0.25, 0.3) is 0 Å². The Morgan fingerprint density at radius 2 is 2.05 bits per heavy atom. The highest BCUT2D eigenvalue weighted by atomic mass is 16.1. The van der Waals surface area contributed by atoms with Gasteiger partial charge in [-0.2, -0.15) is 0 Å². The van der Waals surface area contributed by atoms with Crippen molar-refractivity contribution in [2.75, 3.05) is 19.6 Å². The van der Waals surface area contributed by atoms with Crippen molar-refractivity contribution >= 4 is 5.91 Å². The topological polar surface area (TPSA) is 44.4 Å². The number of rotatable bonds is 4. The molecule has 1 amide bonds. The van der Waals surface area contributed by atoms with E-state index in [9.17, 15) is 4.79 Å². The van der Waals surface area contributed by atoms with Crippen LogP contribution in [0.3, 0.4) is 0 Å². The first-order chi connectivity index (χ1) is 9.79. The molecule has 2 N–H and O–H groups in total. The van der Waals surface area contributed by atoms with Crippen LogP contribution >= 0.6 is 0 Å². The van der Waals surface area contributed by atoms with E-state index in [1.54, 1.807) is 0 Å². The molecule has 3 rings (SSSR count). The molecule has 0 spiro atoms. The van der Waals surface area contributed by atoms with E-state index in [0.717, 1.165) is 32.6 Å². The third kappa shape index (κ3) is 3.58. The Bertz CT molecular complexity index is 438. The number of hydrogen-bond acceptors (Lipinski definition) is 3. The standard InChI is InChI=1S/C16H23N3O/c20-16-7-6-14(10-17-16)18-15-8-9-19(12-15)11-13-4-2-1-3-5-13/h1-5,14-15,18H,6-12H2,(H,17,20). The number of piperidine rings is 1. The van der Waals surface area contributed by atoms with Gasteiger partial charge in [-0.25, -0.2) is 0 Å². The van der Waals surface area contributed by atoms with Crippen LogP contribution in [0.25, 0.3) is 0 Å². The number of hydrogen-bond donors (Lipinski definition) is 2. The first kappa shape index (κ1) is 13.6. The summed E-state index contributed by atoms with van der Waals surface area (Å²) in [7, 11) is 0. The fraction of sp³-hybridized carbons (Fsp3) is 0.562. The quantitative estimate of drug-likeness (QED) is 0.864. The van der Waals surface area contributed by atoms with E-state index in [0.29, 0.717) is 18.5 Å². The number of nitrogens with one attached hydrogen (secondary N) is 2. The van der Waals surface area contributed by atoms with Gasteiger partial charge < -0.3 is 10.6 Å². The lowest BCUT2D eigenvalue weighted by Crippen LogP contribution is -2.49. The smallest absolute Gasteiger partial charge is 0.220 e. The highest BCUT2D eigenvalue weighted by Crippen LogP contribution is 2.15. The van der Waals surface area contributed by atoms with Crippen molar-refractivity contribution in [1.82, 2.24) is 15.5 Å². The van der Waals surface area contributed by atoms with Crippen LogP contribution in [0, 0.1) is 0 Å². The normalized spacial score (nSPS) is 27.5. The van der Waals surface area contributed by atoms with E-state index in [-0.39, 0.29) is 5.91 Å². The minimum atomic E-state index is 0.195. The number of likely N-dealkylation sites (tertiary alicyclic amines) is 1. The molecular formula is C16H23N3O. The average Bonchev–Trinajstić information content (AvgIpc) is 2.90. The molecule has 2 unspecified atom stereocenters. The second-order valence-electron chi connectivity index (χ2n) is 5.91. The molecule has 1 aromatic carbocycles. The van der Waals surface area contributed by atoms with Gasteiger partial charge in [-0.05, 0) is 18.4 Å². The Morgan fingerprint density at radius 1 is 1.20 bits per heavy atom. The van der Waals surface area contributed by atoms with Crippen molar-refractivity contribution < 1.29 is 4.79 Å². The minimum Gasteiger partial charge on any atom is -0.355 e. The third-order valence-corrected chi connectivity index (χ3v) is 4.26. The summed E-state index contributed by atoms with van der Waals surface area (Å²) < 4.78 is 0. The van der Waals surface area contributed by atoms with Crippen molar-refractivity contribution in [3.8, 4) is 0 Å². The largest absolute Gasteiger partial charge is 0.355 e. The maximum atomic E-state index is 11.2. The van der Waals surface area contributed by atoms with Gasteiger partial charge in [0.1, 0.15) is 0 Å². The summed E-state index contributed by atoms with van der Waals surface area (Å²) in [5.74, 6) is 0.195. The number of amides is 1. The second-order valence-corrected chi connectivity index (χ2v) is 5.91. The van der Waals surface area contributed by atoms with Crippen molar-refractivity contribution in [2.45, 2.75) is 37.9 Å². The Balaban J connectivity index is 1.44. The molecule has 0 saturated carbocycles. The summed E-state index contributed by atoms with van der Waals surface area (Å²) in [6.07, 6.45) is 2.84. The van der Waals surface area contributed by atoms with Gasteiger partial charge >= 0.3 is 0 Å². The SMILES string of the molecule is O=C1CCC(NC2CCN(Cc3ccccc3)C2)CN1. The fourth-order valence-electron chi connectivity index (χ4n) is 3.16. The molecule has 4 nitrogen and oxygen atoms in total. The van der Waals surface area contributed by atoms with E-state index in [4.69, 9.17) is 0 Å². The maximum absolute atomic E-state index is 11.2. The van der Waals surface area contributed by atoms with Gasteiger partial charge in [-0.1, -0.05) is 30.3 Å². The van der Waals surface area contributed by atoms with Crippen molar-refractivity contribution in [3.05, 3.63) is 35.9 Å². The minimum absolute atomic E-state index is 0.195. The van der Waals surface area contributed by atoms with Gasteiger partial charge in [0.2, 0.25) is 5.91 Å². The molecule has 0 aromatic heterocycles. The van der Waals surface area contributed by atoms with E-state index in [1.807, 2.05) is 0 Å². The fourth-order valence-corrected chi connectivity index (χ4v) is 3.16. The molecule has 2 aliphatic rings. The summed E-state index contributed by atoms with van der Waals surface area (Å²) in [6, 6.07) is 11.7. The molecule has 0 aliphatic carbocycles. The monoisotopic (exact) mass is 273 g/mol. The Labute approximate surface area is 120 Å². The lowest BCUT2D eigenvalue weighted by Gasteiger charge is -2.27. The Kier molecular flexibility index (Phi) is 4.33. The van der Waals surface area contributed by atoms with Crippen molar-refractivity contribution in [1.29, 1.82) is 0 Å². The maximum Gasteiger partial charge on any atom is 0.220 e. The summed E-state index contributed by atoms with van der Waals surface area (Å²) >= 11 is 0. The molecule has 2 aliphatic heterocycles. The molecule has 0 bridgehead atoms. The molecular weight excluding hydrogens is 250 g/mol. The number of nitrogens with zero attached hydrogens (tertiary/aromatic N) is 1. The van der Waals surface area contributed by atoms with Gasteiger partial charge in [-0.3, -0.25) is 9.69 Å². The van der Waals surface area contributed by atoms with Crippen LogP contribution < -0.4 is 10.6 Å². The van der Waals surface area contributed by atoms with Crippen LogP contribution in [0.15, 0.2) is 30.3 Å². The van der Waals surface area contributed by atoms with Crippen LogP contribution in [0.2, 0.25) is 0 Å². The molecule has 0 radical (unpaired) electrons. The summed E-state index contributed by atoms with van der Waals surface area (Å²) in [5, 5.41) is 6.64. The molecule has 1 aromatic rings. The average molecular weight is 273 g/mol. The van der Waals surface area contributed by atoms with Gasteiger partial charge in [0.15, 0.2) is 0 Å². The first-order valence-electron chi connectivity index (χ1n) is 7.58. The number of benzene rings is 1.